The van der Waals surface area contributed by atoms with E-state index in [0.29, 0.717) is 5.56 Å². The molecule has 24 atom stereocenters. The Balaban J connectivity index is 1.30. The van der Waals surface area contributed by atoms with Crippen molar-refractivity contribution in [1.82, 2.24) is 0 Å². The third-order valence-corrected chi connectivity index (χ3v) is 15.9. The molecule has 33 heteroatoms. The van der Waals surface area contributed by atoms with Crippen molar-refractivity contribution < 1.29 is 162 Å². The standard InChI is InChI=1S/C61H76O33/c1-27(66)19-33-40(25-82-28(2)67)87-59(50(79)51(33)89-57-48(77)46(75)43(72)36(21-62)84-57)90-53-52(88-42(71)18-13-30-11-16-34(69)35(20-30)81-3)39(24-65)86-60(54(53)91-58-49(78)47(76)44(73)37(22-63)85-58)94-61(26-83-41(70)17-12-29-9-14-32(68)15-10-29)55(45(74)38(23-64)93-61)92-56(80)31-7-5-4-6-8-31/h4-18,20,33,36-40,43-55,57-60,62-65,68-69,72-79H,19,21-26H2,1-3H3. The van der Waals surface area contributed by atoms with Crippen LogP contribution in [0.5, 0.6) is 17.2 Å². The summed E-state index contributed by atoms with van der Waals surface area (Å²) >= 11 is 0. The van der Waals surface area contributed by atoms with Gasteiger partial charge in [0.1, 0.15) is 116 Å². The molecule has 5 aliphatic heterocycles. The van der Waals surface area contributed by atoms with Crippen LogP contribution in [0.3, 0.4) is 0 Å². The molecule has 0 saturated carbocycles. The fourth-order valence-corrected chi connectivity index (χ4v) is 11.1. The second kappa shape index (κ2) is 32.8. The van der Waals surface area contributed by atoms with Crippen molar-refractivity contribution in [3.63, 3.8) is 0 Å². The summed E-state index contributed by atoms with van der Waals surface area (Å²) in [6, 6.07) is 16.5. The lowest BCUT2D eigenvalue weighted by Crippen LogP contribution is -2.69. The summed E-state index contributed by atoms with van der Waals surface area (Å²) in [6.45, 7) is -4.31. The lowest BCUT2D eigenvalue weighted by atomic mass is 9.84. The predicted octanol–water partition coefficient (Wildman–Crippen LogP) is -4.30. The second-order valence-electron chi connectivity index (χ2n) is 22.5. The van der Waals surface area contributed by atoms with Crippen LogP contribution in [0.1, 0.15) is 41.8 Å². The number of ketones is 1. The Morgan fingerprint density at radius 2 is 1.07 bits per heavy atom. The number of phenolic OH excluding ortho intramolecular Hbond substituents is 2. The van der Waals surface area contributed by atoms with Crippen LogP contribution in [-0.4, -0.2) is 289 Å². The number of ether oxygens (including phenoxy) is 14. The zero-order chi connectivity index (χ0) is 68.3. The average molecular weight is 1340 g/mol. The first-order valence-electron chi connectivity index (χ1n) is 29.4. The third-order valence-electron chi connectivity index (χ3n) is 15.9. The van der Waals surface area contributed by atoms with Crippen molar-refractivity contribution in [2.24, 2.45) is 5.92 Å². The maximum absolute atomic E-state index is 14.4. The van der Waals surface area contributed by atoms with Crippen LogP contribution in [0.15, 0.2) is 84.9 Å². The Kier molecular flexibility index (Phi) is 25.5. The molecule has 3 aromatic carbocycles. The van der Waals surface area contributed by atoms with E-state index in [9.17, 15) is 95.5 Å². The number of phenols is 2. The van der Waals surface area contributed by atoms with Crippen molar-refractivity contribution in [1.29, 1.82) is 0 Å². The van der Waals surface area contributed by atoms with Crippen LogP contribution < -0.4 is 4.74 Å². The minimum absolute atomic E-state index is 0.0270. The van der Waals surface area contributed by atoms with Crippen LogP contribution in [0.2, 0.25) is 0 Å². The Morgan fingerprint density at radius 1 is 0.532 bits per heavy atom. The summed E-state index contributed by atoms with van der Waals surface area (Å²) in [4.78, 5) is 67.8. The van der Waals surface area contributed by atoms with Crippen LogP contribution in [0, 0.1) is 5.92 Å². The Morgan fingerprint density at radius 3 is 1.66 bits per heavy atom. The van der Waals surface area contributed by atoms with E-state index in [-0.39, 0.29) is 28.4 Å². The molecule has 0 bridgehead atoms. The molecule has 14 N–H and O–H groups in total. The molecule has 94 heavy (non-hydrogen) atoms. The van der Waals surface area contributed by atoms with Crippen molar-refractivity contribution in [3.05, 3.63) is 102 Å². The van der Waals surface area contributed by atoms with Gasteiger partial charge >= 0.3 is 23.9 Å². The van der Waals surface area contributed by atoms with Crippen molar-refractivity contribution in [3.8, 4) is 17.2 Å². The highest BCUT2D eigenvalue weighted by atomic mass is 16.8. The Hall–Kier alpha value is -6.75. The van der Waals surface area contributed by atoms with Gasteiger partial charge in [-0.15, -0.1) is 0 Å². The van der Waals surface area contributed by atoms with Gasteiger partial charge in [-0.2, -0.15) is 0 Å². The molecule has 5 heterocycles. The summed E-state index contributed by atoms with van der Waals surface area (Å²) in [6.07, 6.45) is -43.0. The van der Waals surface area contributed by atoms with Crippen LogP contribution >= 0.6 is 0 Å². The molecule has 0 amide bonds. The maximum atomic E-state index is 14.4. The number of hydrogen-bond donors (Lipinski definition) is 14. The van der Waals surface area contributed by atoms with E-state index in [2.05, 4.69) is 0 Å². The zero-order valence-corrected chi connectivity index (χ0v) is 50.5. The second-order valence-corrected chi connectivity index (χ2v) is 22.5. The molecule has 5 aliphatic rings. The van der Waals surface area contributed by atoms with Crippen LogP contribution in [0.25, 0.3) is 12.2 Å². The van der Waals surface area contributed by atoms with Gasteiger partial charge in [-0.25, -0.2) is 14.4 Å². The molecule has 5 saturated heterocycles. The fourth-order valence-electron chi connectivity index (χ4n) is 11.1. The molecule has 3 aromatic rings. The molecule has 0 aliphatic carbocycles. The first-order chi connectivity index (χ1) is 44.8. The number of Topliss-reactive ketones (excluding diaryl/α,β-unsaturated/α-hetero) is 1. The van der Waals surface area contributed by atoms with Gasteiger partial charge in [0, 0.05) is 31.4 Å². The van der Waals surface area contributed by atoms with Crippen molar-refractivity contribution >= 4 is 41.8 Å². The number of carbonyl (C=O) groups is 5. The van der Waals surface area contributed by atoms with Gasteiger partial charge < -0.3 is 143 Å². The number of benzene rings is 3. The van der Waals surface area contributed by atoms with Gasteiger partial charge in [-0.05, 0) is 66.6 Å². The average Bonchev–Trinajstić information content (AvgIpc) is 1.40. The van der Waals surface area contributed by atoms with E-state index in [4.69, 9.17) is 66.3 Å². The highest BCUT2D eigenvalue weighted by Crippen LogP contribution is 2.43. The lowest BCUT2D eigenvalue weighted by molar-refractivity contribution is -0.422. The summed E-state index contributed by atoms with van der Waals surface area (Å²) in [5, 5.41) is 154. The van der Waals surface area contributed by atoms with Crippen molar-refractivity contribution in [2.45, 2.75) is 161 Å². The minimum Gasteiger partial charge on any atom is -0.508 e. The third kappa shape index (κ3) is 17.3. The van der Waals surface area contributed by atoms with Crippen LogP contribution in [-0.2, 0) is 80.8 Å². The number of methoxy groups -OCH3 is 1. The largest absolute Gasteiger partial charge is 0.508 e. The highest BCUT2D eigenvalue weighted by Gasteiger charge is 2.64. The number of esters is 4. The SMILES string of the molecule is COc1cc(C=CC(=O)OC2C(CO)OC(OC3(COC(=O)C=Cc4ccc(O)cc4)OC(CO)C(O)C3OC(=O)c3ccccc3)C(OC3OC(CO)C(O)C(O)C3O)C2OC2OC(COC(C)=O)C(CC(C)=O)C(OC3OC(CO)C(O)C(O)C3O)C2O)ccc1O. The van der Waals surface area contributed by atoms with E-state index in [0.717, 1.165) is 26.0 Å². The maximum Gasteiger partial charge on any atom is 0.338 e. The summed E-state index contributed by atoms with van der Waals surface area (Å²) in [5.74, 6) is -10.1. The van der Waals surface area contributed by atoms with E-state index in [1.165, 1.54) is 86.0 Å². The van der Waals surface area contributed by atoms with Gasteiger partial charge in [0.2, 0.25) is 5.79 Å². The molecule has 5 fully saturated rings. The van der Waals surface area contributed by atoms with Gasteiger partial charge in [0.15, 0.2) is 48.9 Å². The van der Waals surface area contributed by atoms with Gasteiger partial charge in [-0.1, -0.05) is 36.4 Å². The molecular formula is C61H76O33. The quantitative estimate of drug-likeness (QED) is 0.0205. The summed E-state index contributed by atoms with van der Waals surface area (Å²) in [7, 11) is 1.25. The number of hydrogen-bond acceptors (Lipinski definition) is 33. The molecular weight excluding hydrogens is 1260 g/mol. The van der Waals surface area contributed by atoms with Crippen LogP contribution in [0.4, 0.5) is 0 Å². The molecule has 518 valence electrons. The molecule has 33 nitrogen and oxygen atoms in total. The molecule has 24 unspecified atom stereocenters. The summed E-state index contributed by atoms with van der Waals surface area (Å²) < 4.78 is 84.2. The van der Waals surface area contributed by atoms with E-state index in [1.807, 2.05) is 0 Å². The van der Waals surface area contributed by atoms with E-state index >= 15 is 0 Å². The number of aliphatic hydroxyl groups is 12. The van der Waals surface area contributed by atoms with E-state index < -0.39 is 222 Å². The zero-order valence-electron chi connectivity index (χ0n) is 50.5. The Bertz CT molecular complexity index is 3060. The highest BCUT2D eigenvalue weighted by molar-refractivity contribution is 5.90. The lowest BCUT2D eigenvalue weighted by Gasteiger charge is -2.51. The van der Waals surface area contributed by atoms with E-state index in [1.54, 1.807) is 6.07 Å². The number of aromatic hydroxyl groups is 2. The molecule has 0 radical (unpaired) electrons. The molecule has 0 aromatic heterocycles. The monoisotopic (exact) mass is 1340 g/mol. The normalized spacial score (nSPS) is 36.0. The van der Waals surface area contributed by atoms with Crippen molar-refractivity contribution in [2.75, 3.05) is 46.8 Å². The minimum atomic E-state index is -2.98. The fraction of sp³-hybridized carbons (Fsp3) is 0.557. The number of carbonyl (C=O) groups excluding carboxylic acids is 5. The first-order valence-corrected chi connectivity index (χ1v) is 29.4. The topological polar surface area (TPSA) is 498 Å². The smallest absolute Gasteiger partial charge is 0.338 e. The first kappa shape index (κ1) is 73.1. The predicted molar refractivity (Wildman–Crippen MR) is 307 cm³/mol. The number of aliphatic hydroxyl groups excluding tert-OH is 12. The van der Waals surface area contributed by atoms with Gasteiger partial charge in [0.05, 0.1) is 45.2 Å². The summed E-state index contributed by atoms with van der Waals surface area (Å²) in [5.41, 5.74) is 0.449. The van der Waals surface area contributed by atoms with Gasteiger partial charge in [-0.3, -0.25) is 4.79 Å². The number of rotatable bonds is 26. The molecule has 0 spiro atoms. The van der Waals surface area contributed by atoms with Gasteiger partial charge in [0.25, 0.3) is 0 Å². The Labute approximate surface area is 534 Å². The molecule has 8 rings (SSSR count).